The number of ketones is 1. The van der Waals surface area contributed by atoms with E-state index in [-0.39, 0.29) is 17.2 Å². The average Bonchev–Trinajstić information content (AvgIpc) is 2.23. The number of carbonyl (C=O) groups is 2. The summed E-state index contributed by atoms with van der Waals surface area (Å²) in [5, 5.41) is 0. The number of Topliss-reactive ketones (excluding diaryl/α,β-unsaturated/α-hetero) is 1. The van der Waals surface area contributed by atoms with Gasteiger partial charge in [0.15, 0.2) is 0 Å². The fourth-order valence-corrected chi connectivity index (χ4v) is 2.79. The van der Waals surface area contributed by atoms with E-state index >= 15 is 0 Å². The molecule has 0 heterocycles. The van der Waals surface area contributed by atoms with Crippen LogP contribution in [0, 0.1) is 19.3 Å². The Morgan fingerprint density at radius 1 is 1.05 bits per heavy atom. The Kier molecular flexibility index (Phi) is 5.21. The molecule has 1 rings (SSSR count). The van der Waals surface area contributed by atoms with Gasteiger partial charge in [-0.1, -0.05) is 40.7 Å². The van der Waals surface area contributed by atoms with Gasteiger partial charge in [0, 0.05) is 29.7 Å². The molecular formula is C19H28O3. The van der Waals surface area contributed by atoms with Crippen LogP contribution >= 0.6 is 0 Å². The number of carbonyl (C=O) groups excluding carboxylic acids is 2. The lowest BCUT2D eigenvalue weighted by molar-refractivity contribution is -0.131. The molecule has 0 atom stereocenters. The summed E-state index contributed by atoms with van der Waals surface area (Å²) in [5.41, 5.74) is 2.24. The predicted octanol–water partition coefficient (Wildman–Crippen LogP) is 4.51. The van der Waals surface area contributed by atoms with E-state index in [2.05, 4.69) is 6.07 Å². The van der Waals surface area contributed by atoms with E-state index in [1.54, 1.807) is 0 Å². The Morgan fingerprint density at radius 2 is 1.59 bits per heavy atom. The number of esters is 1. The maximum atomic E-state index is 12.5. The summed E-state index contributed by atoms with van der Waals surface area (Å²) in [7, 11) is 0. The molecule has 0 saturated heterocycles. The number of aryl methyl sites for hydroxylation is 2. The van der Waals surface area contributed by atoms with Gasteiger partial charge in [-0.05, 0) is 31.0 Å². The van der Waals surface area contributed by atoms with Crippen LogP contribution in [0.3, 0.4) is 0 Å². The lowest BCUT2D eigenvalue weighted by Gasteiger charge is -2.31. The van der Waals surface area contributed by atoms with Crippen molar-refractivity contribution in [3.63, 3.8) is 0 Å². The molecule has 3 nitrogen and oxygen atoms in total. The molecule has 0 amide bonds. The SMILES string of the molecule is CC(=O)Oc1cc(C)cc(C)c1C(C)(C)CC(=O)C(C)(C)C. The standard InChI is InChI=1S/C19H28O3/c1-12-9-13(2)17(15(10-12)22-14(3)20)19(7,8)11-16(21)18(4,5)6/h9-10H,11H2,1-8H3. The van der Waals surface area contributed by atoms with Crippen molar-refractivity contribution in [1.82, 2.24) is 0 Å². The van der Waals surface area contributed by atoms with Crippen molar-refractivity contribution in [2.24, 2.45) is 5.41 Å². The Labute approximate surface area is 134 Å². The summed E-state index contributed by atoms with van der Waals surface area (Å²) >= 11 is 0. The Bertz CT molecular complexity index is 589. The van der Waals surface area contributed by atoms with Gasteiger partial charge in [0.05, 0.1) is 0 Å². The Morgan fingerprint density at radius 3 is 2.05 bits per heavy atom. The van der Waals surface area contributed by atoms with E-state index < -0.39 is 5.41 Å². The zero-order chi connectivity index (χ0) is 17.3. The smallest absolute Gasteiger partial charge is 0.308 e. The van der Waals surface area contributed by atoms with Gasteiger partial charge in [-0.3, -0.25) is 9.59 Å². The normalized spacial score (nSPS) is 12.2. The second-order valence-electron chi connectivity index (χ2n) is 7.78. The Hall–Kier alpha value is -1.64. The van der Waals surface area contributed by atoms with E-state index in [0.717, 1.165) is 16.7 Å². The molecule has 0 unspecified atom stereocenters. The van der Waals surface area contributed by atoms with Crippen LogP contribution in [0.15, 0.2) is 12.1 Å². The van der Waals surface area contributed by atoms with E-state index in [1.165, 1.54) is 6.92 Å². The molecule has 0 aromatic heterocycles. The fourth-order valence-electron chi connectivity index (χ4n) is 2.79. The molecule has 0 bridgehead atoms. The molecule has 0 N–H and O–H groups in total. The minimum absolute atomic E-state index is 0.200. The van der Waals surface area contributed by atoms with E-state index in [0.29, 0.717) is 12.2 Å². The molecule has 22 heavy (non-hydrogen) atoms. The van der Waals surface area contributed by atoms with E-state index in [1.807, 2.05) is 54.5 Å². The van der Waals surface area contributed by atoms with Crippen LogP contribution in [0.25, 0.3) is 0 Å². The highest BCUT2D eigenvalue weighted by molar-refractivity contribution is 5.85. The van der Waals surface area contributed by atoms with Gasteiger partial charge in [0.2, 0.25) is 0 Å². The monoisotopic (exact) mass is 304 g/mol. The zero-order valence-corrected chi connectivity index (χ0v) is 15.1. The van der Waals surface area contributed by atoms with Gasteiger partial charge in [-0.25, -0.2) is 0 Å². The van der Waals surface area contributed by atoms with Crippen molar-refractivity contribution in [2.75, 3.05) is 0 Å². The molecule has 0 aliphatic rings. The van der Waals surface area contributed by atoms with Crippen LogP contribution in [-0.2, 0) is 15.0 Å². The third-order valence-corrected chi connectivity index (χ3v) is 3.81. The van der Waals surface area contributed by atoms with Crippen molar-refractivity contribution < 1.29 is 14.3 Å². The summed E-state index contributed by atoms with van der Waals surface area (Å²) in [6, 6.07) is 3.93. The second-order valence-corrected chi connectivity index (χ2v) is 7.78. The van der Waals surface area contributed by atoms with Crippen LogP contribution in [0.2, 0.25) is 0 Å². The summed E-state index contributed by atoms with van der Waals surface area (Å²) in [4.78, 5) is 23.9. The number of ether oxygens (including phenoxy) is 1. The molecule has 1 aromatic rings. The van der Waals surface area contributed by atoms with Gasteiger partial charge in [-0.15, -0.1) is 0 Å². The lowest BCUT2D eigenvalue weighted by Crippen LogP contribution is -2.30. The molecule has 3 heteroatoms. The largest absolute Gasteiger partial charge is 0.426 e. The van der Waals surface area contributed by atoms with Gasteiger partial charge < -0.3 is 4.74 Å². The Balaban J connectivity index is 3.34. The van der Waals surface area contributed by atoms with Gasteiger partial charge in [-0.2, -0.15) is 0 Å². The number of benzene rings is 1. The predicted molar refractivity (Wildman–Crippen MR) is 89.3 cm³/mol. The van der Waals surface area contributed by atoms with Gasteiger partial charge in [0.1, 0.15) is 11.5 Å². The fraction of sp³-hybridized carbons (Fsp3) is 0.579. The molecule has 0 radical (unpaired) electrons. The maximum absolute atomic E-state index is 12.5. The summed E-state index contributed by atoms with van der Waals surface area (Å²) < 4.78 is 5.41. The second kappa shape index (κ2) is 6.23. The number of rotatable bonds is 4. The van der Waals surface area contributed by atoms with Crippen molar-refractivity contribution in [1.29, 1.82) is 0 Å². The van der Waals surface area contributed by atoms with Crippen LogP contribution in [0.1, 0.15) is 64.7 Å². The maximum Gasteiger partial charge on any atom is 0.308 e. The van der Waals surface area contributed by atoms with E-state index in [9.17, 15) is 9.59 Å². The first-order valence-corrected chi connectivity index (χ1v) is 7.68. The van der Waals surface area contributed by atoms with Crippen LogP contribution < -0.4 is 4.74 Å². The highest BCUT2D eigenvalue weighted by Gasteiger charge is 2.33. The number of hydrogen-bond acceptors (Lipinski definition) is 3. The minimum atomic E-state index is -0.396. The van der Waals surface area contributed by atoms with Crippen LogP contribution in [-0.4, -0.2) is 11.8 Å². The summed E-state index contributed by atoms with van der Waals surface area (Å²) in [6.45, 7) is 15.2. The molecule has 0 fully saturated rings. The van der Waals surface area contributed by atoms with Crippen molar-refractivity contribution >= 4 is 11.8 Å². The average molecular weight is 304 g/mol. The third-order valence-electron chi connectivity index (χ3n) is 3.81. The first-order valence-electron chi connectivity index (χ1n) is 7.68. The zero-order valence-electron chi connectivity index (χ0n) is 15.1. The quantitative estimate of drug-likeness (QED) is 0.607. The molecule has 1 aromatic carbocycles. The van der Waals surface area contributed by atoms with Gasteiger partial charge >= 0.3 is 5.97 Å². The summed E-state index contributed by atoms with van der Waals surface area (Å²) in [6.07, 6.45) is 0.411. The van der Waals surface area contributed by atoms with Crippen molar-refractivity contribution in [3.8, 4) is 5.75 Å². The van der Waals surface area contributed by atoms with Crippen molar-refractivity contribution in [3.05, 3.63) is 28.8 Å². The lowest BCUT2D eigenvalue weighted by atomic mass is 9.73. The minimum Gasteiger partial charge on any atom is -0.426 e. The molecule has 0 saturated carbocycles. The van der Waals surface area contributed by atoms with Crippen molar-refractivity contribution in [2.45, 2.75) is 67.2 Å². The number of hydrogen-bond donors (Lipinski definition) is 0. The first-order chi connectivity index (χ1) is 9.84. The molecular weight excluding hydrogens is 276 g/mol. The first kappa shape index (κ1) is 18.4. The molecule has 0 aliphatic carbocycles. The molecule has 122 valence electrons. The highest BCUT2D eigenvalue weighted by atomic mass is 16.5. The molecule has 0 aliphatic heterocycles. The summed E-state index contributed by atoms with van der Waals surface area (Å²) in [5.74, 6) is 0.423. The van der Waals surface area contributed by atoms with Crippen LogP contribution in [0.5, 0.6) is 5.75 Å². The highest BCUT2D eigenvalue weighted by Crippen LogP contribution is 2.39. The van der Waals surface area contributed by atoms with Gasteiger partial charge in [0.25, 0.3) is 0 Å². The molecule has 0 spiro atoms. The third kappa shape index (κ3) is 4.43. The van der Waals surface area contributed by atoms with Crippen LogP contribution in [0.4, 0.5) is 0 Å². The van der Waals surface area contributed by atoms with E-state index in [4.69, 9.17) is 4.74 Å². The topological polar surface area (TPSA) is 43.4 Å².